The molecule has 1 aromatic carbocycles. The van der Waals surface area contributed by atoms with Crippen LogP contribution in [0.2, 0.25) is 0 Å². The van der Waals surface area contributed by atoms with Crippen LogP contribution in [0.3, 0.4) is 0 Å². The molecule has 0 N–H and O–H groups in total. The Morgan fingerprint density at radius 3 is 1.32 bits per heavy atom. The first-order valence-electron chi connectivity index (χ1n) is 13.6. The molecule has 0 radical (unpaired) electrons. The van der Waals surface area contributed by atoms with Gasteiger partial charge in [-0.15, -0.1) is 6.42 Å². The molecule has 0 aliphatic rings. The maximum atomic E-state index is 5.14. The highest BCUT2D eigenvalue weighted by Gasteiger charge is 1.87. The number of benzene rings is 1. The Morgan fingerprint density at radius 2 is 1.02 bits per heavy atom. The molecule has 212 valence electrons. The normalized spacial score (nSPS) is 9.05. The van der Waals surface area contributed by atoms with E-state index in [1.165, 1.54) is 22.3 Å². The smallest absolute Gasteiger partial charge is 0.125 e. The highest BCUT2D eigenvalue weighted by Crippen LogP contribution is 2.03. The van der Waals surface area contributed by atoms with E-state index in [2.05, 4.69) is 94.9 Å². The van der Waals surface area contributed by atoms with E-state index in [0.717, 1.165) is 34.9 Å². The number of pyridine rings is 3. The first-order chi connectivity index (χ1) is 19.6. The summed E-state index contributed by atoms with van der Waals surface area (Å²) in [6.07, 6.45) is 15.1. The van der Waals surface area contributed by atoms with Crippen molar-refractivity contribution < 1.29 is 0 Å². The van der Waals surface area contributed by atoms with Crippen LogP contribution in [0.5, 0.6) is 0 Å². The zero-order chi connectivity index (χ0) is 30.5. The zero-order valence-corrected chi connectivity index (χ0v) is 25.8. The van der Waals surface area contributed by atoms with E-state index in [0.29, 0.717) is 0 Å². The third kappa shape index (κ3) is 17.5. The van der Waals surface area contributed by atoms with Gasteiger partial charge in [0.1, 0.15) is 5.82 Å². The van der Waals surface area contributed by atoms with Crippen molar-refractivity contribution in [3.63, 3.8) is 0 Å². The van der Waals surface area contributed by atoms with Crippen LogP contribution in [0.15, 0.2) is 97.7 Å². The van der Waals surface area contributed by atoms with E-state index in [1.54, 1.807) is 24.7 Å². The molecule has 0 aliphatic carbocycles. The average molecular weight is 546 g/mol. The van der Waals surface area contributed by atoms with Gasteiger partial charge in [-0.2, -0.15) is 0 Å². The van der Waals surface area contributed by atoms with E-state index < -0.39 is 0 Å². The summed E-state index contributed by atoms with van der Waals surface area (Å²) in [6.45, 7) is 16.2. The lowest BCUT2D eigenvalue weighted by atomic mass is 10.1. The summed E-state index contributed by atoms with van der Waals surface area (Å²) in [7, 11) is 0. The van der Waals surface area contributed by atoms with Gasteiger partial charge in [-0.1, -0.05) is 42.7 Å². The molecule has 0 saturated carbocycles. The van der Waals surface area contributed by atoms with Gasteiger partial charge < -0.3 is 0 Å². The van der Waals surface area contributed by atoms with Crippen molar-refractivity contribution in [3.05, 3.63) is 148 Å². The molecule has 41 heavy (non-hydrogen) atoms. The van der Waals surface area contributed by atoms with Gasteiger partial charge in [0.25, 0.3) is 0 Å². The third-order valence-electron chi connectivity index (χ3n) is 5.35. The molecule has 0 aliphatic heterocycles. The van der Waals surface area contributed by atoms with E-state index in [4.69, 9.17) is 6.42 Å². The van der Waals surface area contributed by atoms with Gasteiger partial charge in [-0.3, -0.25) is 15.0 Å². The predicted molar refractivity (Wildman–Crippen MR) is 172 cm³/mol. The summed E-state index contributed by atoms with van der Waals surface area (Å²) in [5.74, 6) is 3.35. The van der Waals surface area contributed by atoms with Gasteiger partial charge in [0.05, 0.1) is 0 Å². The summed E-state index contributed by atoms with van der Waals surface area (Å²) in [5, 5.41) is 0. The molecule has 4 aromatic heterocycles. The number of aryl methyl sites for hydroxylation is 8. The molecule has 0 amide bonds. The molecule has 0 bridgehead atoms. The third-order valence-corrected chi connectivity index (χ3v) is 5.35. The van der Waals surface area contributed by atoms with Gasteiger partial charge in [-0.25, -0.2) is 9.97 Å². The summed E-state index contributed by atoms with van der Waals surface area (Å²) >= 11 is 0. The summed E-state index contributed by atoms with van der Waals surface area (Å²) in [6, 6.07) is 22.2. The average Bonchev–Trinajstić information content (AvgIpc) is 2.95. The van der Waals surface area contributed by atoms with Crippen LogP contribution in [0.4, 0.5) is 0 Å². The Hall–Kier alpha value is -4.69. The van der Waals surface area contributed by atoms with Crippen LogP contribution in [0, 0.1) is 60.8 Å². The van der Waals surface area contributed by atoms with Crippen LogP contribution in [-0.4, -0.2) is 24.9 Å². The molecule has 5 rings (SSSR count). The summed E-state index contributed by atoms with van der Waals surface area (Å²) in [5.41, 5.74) is 9.36. The zero-order valence-electron chi connectivity index (χ0n) is 25.8. The first-order valence-corrected chi connectivity index (χ1v) is 13.6. The molecule has 5 aromatic rings. The second-order valence-electron chi connectivity index (χ2n) is 9.42. The SMILES string of the molecule is C#Cc1ccnc(C)c1.CCc1cccc(C)c1.Cc1ccnc(C)c1.Cc1ccnc(C)c1.Cc1ncccn1. The molecular formula is C36H43N5. The quantitative estimate of drug-likeness (QED) is 0.199. The monoisotopic (exact) mass is 545 g/mol. The lowest BCUT2D eigenvalue weighted by Gasteiger charge is -1.95. The van der Waals surface area contributed by atoms with Crippen LogP contribution in [0.25, 0.3) is 0 Å². The lowest BCUT2D eigenvalue weighted by Crippen LogP contribution is -1.80. The number of hydrogen-bond acceptors (Lipinski definition) is 5. The Balaban J connectivity index is 0.000000257. The molecule has 0 atom stereocenters. The highest BCUT2D eigenvalue weighted by molar-refractivity contribution is 5.31. The number of rotatable bonds is 1. The van der Waals surface area contributed by atoms with Crippen molar-refractivity contribution in [3.8, 4) is 12.3 Å². The van der Waals surface area contributed by atoms with Gasteiger partial charge in [0.15, 0.2) is 0 Å². The van der Waals surface area contributed by atoms with Crippen LogP contribution in [-0.2, 0) is 6.42 Å². The second kappa shape index (κ2) is 20.2. The predicted octanol–water partition coefficient (Wildman–Crippen LogP) is 8.11. The van der Waals surface area contributed by atoms with Gasteiger partial charge in [0.2, 0.25) is 0 Å². The first kappa shape index (κ1) is 34.3. The Kier molecular flexibility index (Phi) is 17.0. The fourth-order valence-electron chi connectivity index (χ4n) is 3.32. The standard InChI is InChI=1S/C9H12.C8H7N.2C7H9N.C5H6N2/c1-3-9-6-4-5-8(2)7-9;1-3-8-4-5-9-7(2)6-8;2*1-6-3-4-8-7(2)5-6;1-5-6-3-2-4-7-5/h4-7H,3H2,1-2H3;1,4-6H,2H3;2*3-5H,1-2H3;2-4H,1H3. The topological polar surface area (TPSA) is 64.5 Å². The van der Waals surface area contributed by atoms with Crippen molar-refractivity contribution in [1.82, 2.24) is 24.9 Å². The number of hydrogen-bond donors (Lipinski definition) is 0. The maximum absolute atomic E-state index is 5.14. The minimum absolute atomic E-state index is 0.822. The molecule has 4 heterocycles. The molecule has 0 unspecified atom stereocenters. The number of terminal acetylenes is 1. The number of aromatic nitrogens is 5. The molecule has 5 nitrogen and oxygen atoms in total. The van der Waals surface area contributed by atoms with Crippen molar-refractivity contribution in [2.24, 2.45) is 0 Å². The van der Waals surface area contributed by atoms with Crippen molar-refractivity contribution in [2.75, 3.05) is 0 Å². The van der Waals surface area contributed by atoms with Gasteiger partial charge >= 0.3 is 0 Å². The van der Waals surface area contributed by atoms with Crippen molar-refractivity contribution in [1.29, 1.82) is 0 Å². The Morgan fingerprint density at radius 1 is 0.537 bits per heavy atom. The lowest BCUT2D eigenvalue weighted by molar-refractivity contribution is 1.05. The molecule has 0 saturated heterocycles. The fourth-order valence-corrected chi connectivity index (χ4v) is 3.32. The second-order valence-corrected chi connectivity index (χ2v) is 9.42. The van der Waals surface area contributed by atoms with Crippen molar-refractivity contribution >= 4 is 0 Å². The van der Waals surface area contributed by atoms with E-state index in [1.807, 2.05) is 64.4 Å². The summed E-state index contributed by atoms with van der Waals surface area (Å²) in [4.78, 5) is 19.8. The molecule has 0 fully saturated rings. The number of nitrogens with zero attached hydrogens (tertiary/aromatic N) is 5. The Bertz CT molecular complexity index is 1380. The minimum Gasteiger partial charge on any atom is -0.262 e. The van der Waals surface area contributed by atoms with E-state index in [9.17, 15) is 0 Å². The Labute approximate surface area is 247 Å². The van der Waals surface area contributed by atoms with Crippen LogP contribution < -0.4 is 0 Å². The van der Waals surface area contributed by atoms with Crippen LogP contribution in [0.1, 0.15) is 57.6 Å². The van der Waals surface area contributed by atoms with Crippen molar-refractivity contribution in [2.45, 2.75) is 61.8 Å². The fraction of sp³-hybridized carbons (Fsp3) is 0.250. The maximum Gasteiger partial charge on any atom is 0.125 e. The van der Waals surface area contributed by atoms with Gasteiger partial charge in [-0.05, 0) is 114 Å². The van der Waals surface area contributed by atoms with E-state index >= 15 is 0 Å². The minimum atomic E-state index is 0.822. The molecule has 5 heteroatoms. The van der Waals surface area contributed by atoms with Crippen LogP contribution >= 0.6 is 0 Å². The largest absolute Gasteiger partial charge is 0.262 e. The molecule has 0 spiro atoms. The van der Waals surface area contributed by atoms with Gasteiger partial charge in [0, 0.05) is 53.6 Å². The summed E-state index contributed by atoms with van der Waals surface area (Å²) < 4.78 is 0. The van der Waals surface area contributed by atoms with E-state index in [-0.39, 0.29) is 0 Å². The highest BCUT2D eigenvalue weighted by atomic mass is 14.8. The molecular weight excluding hydrogens is 502 g/mol.